The van der Waals surface area contributed by atoms with E-state index in [0.29, 0.717) is 35.1 Å². The van der Waals surface area contributed by atoms with Crippen molar-refractivity contribution in [1.29, 1.82) is 10.8 Å². The molecular weight excluding hydrogens is 452 g/mol. The van der Waals surface area contributed by atoms with Crippen LogP contribution in [-0.4, -0.2) is 29.7 Å². The molecule has 1 unspecified atom stereocenters. The summed E-state index contributed by atoms with van der Waals surface area (Å²) in [6.45, 7) is 5.85. The number of carbonyl (C=O) groups is 1. The summed E-state index contributed by atoms with van der Waals surface area (Å²) in [4.78, 5) is 18.9. The van der Waals surface area contributed by atoms with Crippen molar-refractivity contribution in [2.45, 2.75) is 39.7 Å². The van der Waals surface area contributed by atoms with Gasteiger partial charge in [0.05, 0.1) is 5.71 Å². The Morgan fingerprint density at radius 1 is 1.15 bits per heavy atom. The molecule has 3 aromatic rings. The van der Waals surface area contributed by atoms with Crippen molar-refractivity contribution < 1.29 is 4.79 Å². The molecule has 0 radical (unpaired) electrons. The first-order valence-electron chi connectivity index (χ1n) is 10.7. The van der Waals surface area contributed by atoms with Gasteiger partial charge in [-0.1, -0.05) is 48.0 Å². The quantitative estimate of drug-likeness (QED) is 0.251. The third kappa shape index (κ3) is 4.54. The zero-order valence-electron chi connectivity index (χ0n) is 18.8. The number of benzene rings is 2. The van der Waals surface area contributed by atoms with E-state index in [1.807, 2.05) is 36.4 Å². The molecule has 0 spiro atoms. The lowest BCUT2D eigenvalue weighted by molar-refractivity contribution is 0.112. The lowest BCUT2D eigenvalue weighted by atomic mass is 9.99. The predicted octanol–water partition coefficient (Wildman–Crippen LogP) is 6.46. The van der Waals surface area contributed by atoms with E-state index in [9.17, 15) is 4.79 Å². The summed E-state index contributed by atoms with van der Waals surface area (Å²) in [5, 5.41) is 19.0. The van der Waals surface area contributed by atoms with E-state index in [4.69, 9.17) is 27.4 Å². The van der Waals surface area contributed by atoms with Crippen molar-refractivity contribution >= 4 is 51.6 Å². The van der Waals surface area contributed by atoms with E-state index in [1.165, 1.54) is 0 Å². The standard InChI is InChI=1S/C26H25ClN4OS/c1-15-16(2)33-26-23(15)24(20-9-11-21(27)12-10-20)30-22(25(29)31(26)17(3)28)13-8-18-4-6-19(14-32)7-5-18/h4-7,9-12,14,22,28-29H,8,13H2,1-3H3. The fourth-order valence-corrected chi connectivity index (χ4v) is 5.36. The van der Waals surface area contributed by atoms with Crippen LogP contribution in [0.5, 0.6) is 0 Å². The van der Waals surface area contributed by atoms with Gasteiger partial charge >= 0.3 is 0 Å². The van der Waals surface area contributed by atoms with Crippen LogP contribution in [0.15, 0.2) is 53.5 Å². The van der Waals surface area contributed by atoms with Gasteiger partial charge in [-0.3, -0.25) is 25.5 Å². The van der Waals surface area contributed by atoms with E-state index in [-0.39, 0.29) is 0 Å². The van der Waals surface area contributed by atoms with Crippen LogP contribution >= 0.6 is 22.9 Å². The summed E-state index contributed by atoms with van der Waals surface area (Å²) in [6, 6.07) is 14.7. The number of fused-ring (bicyclic) bond motifs is 1. The number of anilines is 1. The summed E-state index contributed by atoms with van der Waals surface area (Å²) >= 11 is 7.74. The number of aldehydes is 1. The summed E-state index contributed by atoms with van der Waals surface area (Å²) in [5.74, 6) is 0.605. The molecule has 1 aromatic heterocycles. The summed E-state index contributed by atoms with van der Waals surface area (Å²) < 4.78 is 0. The van der Waals surface area contributed by atoms with E-state index in [0.717, 1.165) is 44.1 Å². The van der Waals surface area contributed by atoms with Gasteiger partial charge in [0.15, 0.2) is 0 Å². The van der Waals surface area contributed by atoms with Gasteiger partial charge in [-0.05, 0) is 56.9 Å². The molecule has 5 nitrogen and oxygen atoms in total. The molecule has 2 heterocycles. The van der Waals surface area contributed by atoms with Crippen molar-refractivity contribution in [1.82, 2.24) is 0 Å². The summed E-state index contributed by atoms with van der Waals surface area (Å²) in [5.41, 5.74) is 5.60. The molecule has 0 saturated carbocycles. The second-order valence-corrected chi connectivity index (χ2v) is 9.81. The molecule has 168 valence electrons. The highest BCUT2D eigenvalue weighted by Crippen LogP contribution is 2.40. The molecule has 1 aliphatic heterocycles. The molecule has 0 fully saturated rings. The number of aliphatic imine (C=N–C) groups is 1. The number of hydrogen-bond acceptors (Lipinski definition) is 5. The van der Waals surface area contributed by atoms with Crippen LogP contribution in [0.3, 0.4) is 0 Å². The van der Waals surface area contributed by atoms with Crippen molar-refractivity contribution in [3.8, 4) is 0 Å². The Bertz CT molecular complexity index is 1260. The topological polar surface area (TPSA) is 80.4 Å². The largest absolute Gasteiger partial charge is 0.298 e. The molecule has 2 aromatic carbocycles. The smallest absolute Gasteiger partial charge is 0.150 e. The van der Waals surface area contributed by atoms with Gasteiger partial charge in [0.1, 0.15) is 29.0 Å². The molecule has 7 heteroatoms. The maximum absolute atomic E-state index is 11.0. The number of hydrogen-bond donors (Lipinski definition) is 2. The molecular formula is C26H25ClN4OS. The number of nitrogens with zero attached hydrogens (tertiary/aromatic N) is 2. The Morgan fingerprint density at radius 2 is 1.82 bits per heavy atom. The molecule has 0 aliphatic carbocycles. The number of aryl methyl sites for hydroxylation is 2. The van der Waals surface area contributed by atoms with E-state index < -0.39 is 6.04 Å². The van der Waals surface area contributed by atoms with Crippen LogP contribution in [0.4, 0.5) is 5.00 Å². The van der Waals surface area contributed by atoms with Crippen LogP contribution in [0.25, 0.3) is 0 Å². The van der Waals surface area contributed by atoms with Crippen molar-refractivity contribution in [2.24, 2.45) is 4.99 Å². The predicted molar refractivity (Wildman–Crippen MR) is 138 cm³/mol. The zero-order chi connectivity index (χ0) is 23.7. The van der Waals surface area contributed by atoms with Gasteiger partial charge in [0.25, 0.3) is 0 Å². The normalized spacial score (nSPS) is 15.6. The SMILES string of the molecule is CC(=N)N1C(=N)C(CCc2ccc(C=O)cc2)N=C(c2ccc(Cl)cc2)c2c1sc(C)c2C. The lowest BCUT2D eigenvalue weighted by Gasteiger charge is -2.25. The number of halogens is 1. The molecule has 0 bridgehead atoms. The molecule has 4 rings (SSSR count). The number of amidine groups is 2. The Kier molecular flexibility index (Phi) is 6.58. The Balaban J connectivity index is 1.80. The van der Waals surface area contributed by atoms with Crippen molar-refractivity contribution in [2.75, 3.05) is 4.90 Å². The van der Waals surface area contributed by atoms with Gasteiger partial charge in [0, 0.05) is 26.6 Å². The van der Waals surface area contributed by atoms with Crippen molar-refractivity contribution in [3.05, 3.63) is 86.2 Å². The molecule has 0 saturated heterocycles. The first-order valence-corrected chi connectivity index (χ1v) is 11.9. The average molecular weight is 477 g/mol. The maximum Gasteiger partial charge on any atom is 0.150 e. The van der Waals surface area contributed by atoms with Gasteiger partial charge in [-0.25, -0.2) is 0 Å². The zero-order valence-corrected chi connectivity index (χ0v) is 20.3. The summed E-state index contributed by atoms with van der Waals surface area (Å²) in [6.07, 6.45) is 2.16. The monoisotopic (exact) mass is 476 g/mol. The highest BCUT2D eigenvalue weighted by atomic mass is 35.5. The number of thiophene rings is 1. The highest BCUT2D eigenvalue weighted by molar-refractivity contribution is 7.17. The van der Waals surface area contributed by atoms with Crippen LogP contribution in [0.1, 0.15) is 50.8 Å². The molecule has 1 atom stereocenters. The van der Waals surface area contributed by atoms with Gasteiger partial charge in [0.2, 0.25) is 0 Å². The molecule has 1 aliphatic rings. The number of nitrogens with one attached hydrogen (secondary N) is 2. The average Bonchev–Trinajstić information content (AvgIpc) is 3.01. The van der Waals surface area contributed by atoms with Gasteiger partial charge in [-0.2, -0.15) is 0 Å². The Labute approximate surface area is 202 Å². The number of rotatable bonds is 5. The number of carbonyl (C=O) groups excluding carboxylic acids is 1. The Morgan fingerprint density at radius 3 is 2.42 bits per heavy atom. The van der Waals surface area contributed by atoms with Gasteiger partial charge < -0.3 is 0 Å². The van der Waals surface area contributed by atoms with Crippen LogP contribution < -0.4 is 4.90 Å². The summed E-state index contributed by atoms with van der Waals surface area (Å²) in [7, 11) is 0. The third-order valence-corrected chi connectivity index (χ3v) is 7.37. The van der Waals surface area contributed by atoms with E-state index in [2.05, 4.69) is 13.8 Å². The minimum atomic E-state index is -0.416. The first kappa shape index (κ1) is 23.1. The first-order chi connectivity index (χ1) is 15.8. The van der Waals surface area contributed by atoms with E-state index >= 15 is 0 Å². The highest BCUT2D eigenvalue weighted by Gasteiger charge is 2.33. The second kappa shape index (κ2) is 9.41. The second-order valence-electron chi connectivity index (χ2n) is 8.17. The fraction of sp³-hybridized carbons (Fsp3) is 0.231. The van der Waals surface area contributed by atoms with Crippen LogP contribution in [0, 0.1) is 24.7 Å². The molecule has 0 amide bonds. The van der Waals surface area contributed by atoms with Crippen LogP contribution in [-0.2, 0) is 6.42 Å². The third-order valence-electron chi connectivity index (χ3n) is 5.92. The minimum Gasteiger partial charge on any atom is -0.298 e. The van der Waals surface area contributed by atoms with Crippen LogP contribution in [0.2, 0.25) is 5.02 Å². The minimum absolute atomic E-state index is 0.301. The molecule has 2 N–H and O–H groups in total. The van der Waals surface area contributed by atoms with E-state index in [1.54, 1.807) is 35.3 Å². The molecule has 33 heavy (non-hydrogen) atoms. The maximum atomic E-state index is 11.0. The van der Waals surface area contributed by atoms with Gasteiger partial charge in [-0.15, -0.1) is 11.3 Å². The van der Waals surface area contributed by atoms with Crippen molar-refractivity contribution in [3.63, 3.8) is 0 Å². The Hall–Kier alpha value is -3.09. The fourth-order valence-electron chi connectivity index (χ4n) is 4.01. The lowest BCUT2D eigenvalue weighted by Crippen LogP contribution is -2.40.